The molecule has 3 aliphatic rings. The number of ether oxygens (including phenoxy) is 2. The fourth-order valence-electron chi connectivity index (χ4n) is 4.92. The fourth-order valence-corrected chi connectivity index (χ4v) is 4.92. The van der Waals surface area contributed by atoms with Crippen LogP contribution in [0.4, 0.5) is 8.78 Å². The first-order valence-corrected chi connectivity index (χ1v) is 12.1. The summed E-state index contributed by atoms with van der Waals surface area (Å²) in [7, 11) is 2.04. The topological polar surface area (TPSA) is 72.2 Å². The van der Waals surface area contributed by atoms with Crippen molar-refractivity contribution in [2.24, 2.45) is 4.99 Å². The summed E-state index contributed by atoms with van der Waals surface area (Å²) in [4.78, 5) is 24.9. The summed E-state index contributed by atoms with van der Waals surface area (Å²) in [5.74, 6) is -1.32. The van der Waals surface area contributed by atoms with Crippen molar-refractivity contribution in [3.05, 3.63) is 71.5 Å². The average Bonchev–Trinajstić information content (AvgIpc) is 3.45. The van der Waals surface area contributed by atoms with Crippen LogP contribution in [0, 0.1) is 11.6 Å². The summed E-state index contributed by atoms with van der Waals surface area (Å²) >= 11 is 0. The van der Waals surface area contributed by atoms with Crippen LogP contribution < -0.4 is 0 Å². The Morgan fingerprint density at radius 3 is 2.78 bits per heavy atom. The minimum Gasteiger partial charge on any atom is -0.461 e. The van der Waals surface area contributed by atoms with Crippen molar-refractivity contribution in [1.82, 2.24) is 19.4 Å². The second-order valence-corrected chi connectivity index (χ2v) is 9.31. The van der Waals surface area contributed by atoms with Gasteiger partial charge in [0.1, 0.15) is 29.8 Å². The van der Waals surface area contributed by atoms with E-state index in [0.29, 0.717) is 18.9 Å². The summed E-state index contributed by atoms with van der Waals surface area (Å²) in [5, 5.41) is 0. The van der Waals surface area contributed by atoms with Crippen LogP contribution in [-0.2, 0) is 9.47 Å². The maximum absolute atomic E-state index is 15.6. The molecule has 0 amide bonds. The smallest absolute Gasteiger partial charge is 0.358 e. The van der Waals surface area contributed by atoms with Gasteiger partial charge in [-0.25, -0.2) is 18.6 Å². The Balaban J connectivity index is 1.47. The van der Waals surface area contributed by atoms with Crippen molar-refractivity contribution in [3.8, 4) is 5.69 Å². The molecule has 2 aromatic rings. The first-order chi connectivity index (χ1) is 17.3. The molecule has 0 N–H and O–H groups in total. The molecule has 3 atom stereocenters. The van der Waals surface area contributed by atoms with Crippen LogP contribution in [0.5, 0.6) is 0 Å². The van der Waals surface area contributed by atoms with E-state index in [4.69, 9.17) is 14.5 Å². The Kier molecular flexibility index (Phi) is 6.72. The monoisotopic (exact) mass is 497 g/mol. The molecule has 1 aromatic carbocycles. The molecule has 8 nitrogen and oxygen atoms in total. The van der Waals surface area contributed by atoms with Gasteiger partial charge in [0.15, 0.2) is 5.69 Å². The van der Waals surface area contributed by atoms with Crippen molar-refractivity contribution in [3.63, 3.8) is 0 Å². The molecule has 4 heterocycles. The van der Waals surface area contributed by atoms with Crippen molar-refractivity contribution in [1.29, 1.82) is 0 Å². The number of hydrogen-bond donors (Lipinski definition) is 0. The number of esters is 1. The van der Waals surface area contributed by atoms with E-state index in [-0.39, 0.29) is 35.7 Å². The third-order valence-corrected chi connectivity index (χ3v) is 6.68. The van der Waals surface area contributed by atoms with E-state index in [1.54, 1.807) is 6.92 Å². The van der Waals surface area contributed by atoms with Crippen molar-refractivity contribution in [2.45, 2.75) is 38.5 Å². The summed E-state index contributed by atoms with van der Waals surface area (Å²) < 4.78 is 43.5. The maximum Gasteiger partial charge on any atom is 0.358 e. The van der Waals surface area contributed by atoms with Crippen molar-refractivity contribution < 1.29 is 23.0 Å². The molecule has 10 heteroatoms. The van der Waals surface area contributed by atoms with Crippen LogP contribution >= 0.6 is 0 Å². The van der Waals surface area contributed by atoms with E-state index in [0.717, 1.165) is 18.7 Å². The van der Waals surface area contributed by atoms with Gasteiger partial charge in [0, 0.05) is 25.5 Å². The Morgan fingerprint density at radius 2 is 2.06 bits per heavy atom. The molecule has 36 heavy (non-hydrogen) atoms. The molecule has 3 aliphatic heterocycles. The molecule has 5 rings (SSSR count). The lowest BCUT2D eigenvalue weighted by Crippen LogP contribution is -2.44. The van der Waals surface area contributed by atoms with E-state index in [9.17, 15) is 4.79 Å². The number of nitrogens with zero attached hydrogens (tertiary/aromatic N) is 5. The average molecular weight is 498 g/mol. The number of carbonyl (C=O) groups is 1. The molecule has 3 unspecified atom stereocenters. The number of fused-ring (bicyclic) bond motifs is 1. The second kappa shape index (κ2) is 9.94. The Morgan fingerprint density at radius 1 is 1.28 bits per heavy atom. The number of halogens is 2. The van der Waals surface area contributed by atoms with E-state index < -0.39 is 23.6 Å². The molecular formula is C26H29F2N5O3. The highest BCUT2D eigenvalue weighted by Crippen LogP contribution is 2.39. The zero-order valence-corrected chi connectivity index (χ0v) is 20.5. The van der Waals surface area contributed by atoms with Crippen molar-refractivity contribution >= 4 is 11.8 Å². The third-order valence-electron chi connectivity index (χ3n) is 6.68. The summed E-state index contributed by atoms with van der Waals surface area (Å²) in [6.07, 6.45) is 9.05. The number of likely N-dealkylation sites (N-methyl/N-ethyl adjacent to an activating group) is 1. The van der Waals surface area contributed by atoms with Crippen LogP contribution in [0.25, 0.3) is 5.69 Å². The molecule has 1 aromatic heterocycles. The van der Waals surface area contributed by atoms with Crippen molar-refractivity contribution in [2.75, 3.05) is 33.4 Å². The number of aromatic nitrogens is 2. The lowest BCUT2D eigenvalue weighted by Gasteiger charge is -2.35. The molecule has 0 saturated carbocycles. The number of rotatable bonds is 6. The Bertz CT molecular complexity index is 1230. The molecule has 0 radical (unpaired) electrons. The molecule has 190 valence electrons. The number of imidazole rings is 1. The lowest BCUT2D eigenvalue weighted by atomic mass is 9.93. The van der Waals surface area contributed by atoms with Gasteiger partial charge in [0.05, 0.1) is 36.6 Å². The standard InChI is InChI=1S/C26H29F2N5O3/c1-4-35-26(34)21-14-32(15-29-21)17-10-19(27)24(20(28)11-17)25-22(12-18-13-31(3)7-8-36-18)33-6-5-16(2)9-23(33)30-25/h5-6,9-11,14-15,18,22,25H,4,7-8,12-13H2,1-3H3. The largest absolute Gasteiger partial charge is 0.461 e. The zero-order valence-electron chi connectivity index (χ0n) is 20.5. The zero-order chi connectivity index (χ0) is 25.4. The predicted octanol–water partition coefficient (Wildman–Crippen LogP) is 3.65. The quantitative estimate of drug-likeness (QED) is 0.568. The summed E-state index contributed by atoms with van der Waals surface area (Å²) in [5.41, 5.74) is 1.21. The normalized spacial score (nSPS) is 23.9. The summed E-state index contributed by atoms with van der Waals surface area (Å²) in [6, 6.07) is 1.45. The van der Waals surface area contributed by atoms with Gasteiger partial charge in [-0.3, -0.25) is 4.99 Å². The van der Waals surface area contributed by atoms with Gasteiger partial charge in [-0.15, -0.1) is 0 Å². The number of aliphatic imine (C=N–C) groups is 1. The number of amidine groups is 1. The highest BCUT2D eigenvalue weighted by molar-refractivity contribution is 5.97. The van der Waals surface area contributed by atoms with Crippen LogP contribution in [-0.4, -0.2) is 76.7 Å². The highest BCUT2D eigenvalue weighted by atomic mass is 19.1. The molecule has 1 fully saturated rings. The third kappa shape index (κ3) is 4.70. The number of allylic oxidation sites excluding steroid dienone is 2. The van der Waals surface area contributed by atoms with E-state index >= 15 is 8.78 Å². The van der Waals surface area contributed by atoms with E-state index in [2.05, 4.69) is 9.88 Å². The number of hydrogen-bond acceptors (Lipinski definition) is 7. The fraction of sp³-hybridized carbons (Fsp3) is 0.423. The first-order valence-electron chi connectivity index (χ1n) is 12.1. The predicted molar refractivity (Wildman–Crippen MR) is 130 cm³/mol. The second-order valence-electron chi connectivity index (χ2n) is 9.31. The minimum absolute atomic E-state index is 0.0623. The lowest BCUT2D eigenvalue weighted by molar-refractivity contribution is -0.0313. The molecule has 0 spiro atoms. The van der Waals surface area contributed by atoms with Crippen LogP contribution in [0.15, 0.2) is 53.6 Å². The first kappa shape index (κ1) is 24.3. The maximum atomic E-state index is 15.6. The Hall–Kier alpha value is -3.37. The molecule has 0 aliphatic carbocycles. The minimum atomic E-state index is -0.741. The van der Waals surface area contributed by atoms with Gasteiger partial charge in [-0.05, 0) is 57.2 Å². The highest BCUT2D eigenvalue weighted by Gasteiger charge is 2.41. The van der Waals surface area contributed by atoms with Crippen LogP contribution in [0.3, 0.4) is 0 Å². The number of benzene rings is 1. The van der Waals surface area contributed by atoms with Crippen LogP contribution in [0.2, 0.25) is 0 Å². The van der Waals surface area contributed by atoms with Gasteiger partial charge in [-0.1, -0.05) is 0 Å². The van der Waals surface area contributed by atoms with Gasteiger partial charge >= 0.3 is 5.97 Å². The number of morpholine rings is 1. The Labute approximate surface area is 208 Å². The molecule has 0 bridgehead atoms. The van der Waals surface area contributed by atoms with Gasteiger partial charge in [0.2, 0.25) is 0 Å². The van der Waals surface area contributed by atoms with Gasteiger partial charge in [-0.2, -0.15) is 0 Å². The van der Waals surface area contributed by atoms with Gasteiger partial charge < -0.3 is 23.8 Å². The SMILES string of the molecule is CCOC(=O)c1cn(-c2cc(F)c(C3N=C4C=C(C)C=CN4C3CC3CN(C)CCO3)c(F)c2)cn1. The number of carbonyl (C=O) groups excluding carboxylic acids is 1. The molecule has 1 saturated heterocycles. The summed E-state index contributed by atoms with van der Waals surface area (Å²) in [6.45, 7) is 6.09. The molecular weight excluding hydrogens is 468 g/mol. The van der Waals surface area contributed by atoms with Gasteiger partial charge in [0.25, 0.3) is 0 Å². The van der Waals surface area contributed by atoms with Crippen LogP contribution in [0.1, 0.15) is 42.4 Å². The van der Waals surface area contributed by atoms with E-state index in [1.165, 1.54) is 29.2 Å². The van der Waals surface area contributed by atoms with E-state index in [1.807, 2.05) is 37.2 Å².